The summed E-state index contributed by atoms with van der Waals surface area (Å²) in [6.07, 6.45) is 0. The normalized spacial score (nSPS) is 20.1. The topological polar surface area (TPSA) is 38.3 Å². The largest absolute Gasteiger partial charge is 0.431 e. The minimum Gasteiger partial charge on any atom is -0.431 e. The number of hydrogen-bond donors (Lipinski definition) is 1. The van der Waals surface area contributed by atoms with Crippen molar-refractivity contribution in [3.05, 3.63) is 63.7 Å². The summed E-state index contributed by atoms with van der Waals surface area (Å²) in [6.45, 7) is 10.0. The Morgan fingerprint density at radius 1 is 1.00 bits per heavy atom. The summed E-state index contributed by atoms with van der Waals surface area (Å²) in [5, 5.41) is 3.42. The van der Waals surface area contributed by atoms with E-state index in [4.69, 9.17) is 4.74 Å². The molecule has 2 aromatic rings. The lowest BCUT2D eigenvalue weighted by Crippen LogP contribution is -2.42. The standard InChI is InChI=1S/C19H21NO2/c1-11-9-13(3)17(14(4)10-11)19(5)20-15-8-6-7-12(2)16(15)18(21)22-19/h6-10,20H,1-5H3. The first-order valence-corrected chi connectivity index (χ1v) is 7.51. The summed E-state index contributed by atoms with van der Waals surface area (Å²) in [5.74, 6) is -0.270. The molecule has 1 atom stereocenters. The molecule has 0 amide bonds. The number of esters is 1. The molecule has 22 heavy (non-hydrogen) atoms. The van der Waals surface area contributed by atoms with E-state index in [0.29, 0.717) is 5.56 Å². The molecule has 0 bridgehead atoms. The third kappa shape index (κ3) is 2.17. The number of carbonyl (C=O) groups excluding carboxylic acids is 1. The van der Waals surface area contributed by atoms with Crippen LogP contribution in [0.25, 0.3) is 0 Å². The predicted molar refractivity (Wildman–Crippen MR) is 88.2 cm³/mol. The molecule has 114 valence electrons. The van der Waals surface area contributed by atoms with Crippen LogP contribution in [0.5, 0.6) is 0 Å². The van der Waals surface area contributed by atoms with Crippen molar-refractivity contribution in [2.45, 2.75) is 40.3 Å². The maximum absolute atomic E-state index is 12.5. The summed E-state index contributed by atoms with van der Waals surface area (Å²) in [6, 6.07) is 10.0. The van der Waals surface area contributed by atoms with Crippen molar-refractivity contribution in [1.82, 2.24) is 0 Å². The van der Waals surface area contributed by atoms with Crippen LogP contribution in [0.1, 0.15) is 45.1 Å². The second-order valence-electron chi connectivity index (χ2n) is 6.32. The SMILES string of the molecule is Cc1cc(C)c(C2(C)Nc3cccc(C)c3C(=O)O2)c(C)c1. The minimum atomic E-state index is -0.847. The number of aryl methyl sites for hydroxylation is 4. The lowest BCUT2D eigenvalue weighted by atomic mass is 9.90. The summed E-state index contributed by atoms with van der Waals surface area (Å²) >= 11 is 0. The molecule has 1 heterocycles. The van der Waals surface area contributed by atoms with Gasteiger partial charge in [0.05, 0.1) is 11.3 Å². The van der Waals surface area contributed by atoms with Gasteiger partial charge in [0.25, 0.3) is 0 Å². The number of carbonyl (C=O) groups is 1. The van der Waals surface area contributed by atoms with E-state index in [-0.39, 0.29) is 5.97 Å². The molecule has 3 rings (SSSR count). The number of hydrogen-bond acceptors (Lipinski definition) is 3. The molecule has 0 spiro atoms. The molecule has 1 unspecified atom stereocenters. The second kappa shape index (κ2) is 4.87. The molecule has 0 fully saturated rings. The van der Waals surface area contributed by atoms with Crippen LogP contribution < -0.4 is 5.32 Å². The molecule has 0 saturated heterocycles. The van der Waals surface area contributed by atoms with Crippen LogP contribution in [-0.4, -0.2) is 5.97 Å². The zero-order valence-electron chi connectivity index (χ0n) is 13.7. The number of cyclic esters (lactones) is 1. The van der Waals surface area contributed by atoms with Gasteiger partial charge in [-0.15, -0.1) is 0 Å². The van der Waals surface area contributed by atoms with Gasteiger partial charge in [0.2, 0.25) is 5.72 Å². The van der Waals surface area contributed by atoms with Crippen molar-refractivity contribution in [3.63, 3.8) is 0 Å². The highest BCUT2D eigenvalue weighted by Crippen LogP contribution is 2.39. The molecule has 0 aromatic heterocycles. The van der Waals surface area contributed by atoms with E-state index in [2.05, 4.69) is 38.2 Å². The maximum Gasteiger partial charge on any atom is 0.342 e. The average molecular weight is 295 g/mol. The molecule has 1 aliphatic heterocycles. The van der Waals surface area contributed by atoms with E-state index < -0.39 is 5.72 Å². The summed E-state index contributed by atoms with van der Waals surface area (Å²) in [4.78, 5) is 12.5. The zero-order valence-corrected chi connectivity index (χ0v) is 13.7. The lowest BCUT2D eigenvalue weighted by molar-refractivity contribution is -0.00323. The zero-order chi connectivity index (χ0) is 16.1. The Morgan fingerprint density at radius 3 is 2.27 bits per heavy atom. The van der Waals surface area contributed by atoms with Crippen LogP contribution in [0.4, 0.5) is 5.69 Å². The fourth-order valence-electron chi connectivity index (χ4n) is 3.61. The first-order valence-electron chi connectivity index (χ1n) is 7.51. The van der Waals surface area contributed by atoms with Crippen LogP contribution in [-0.2, 0) is 10.5 Å². The van der Waals surface area contributed by atoms with Crippen LogP contribution >= 0.6 is 0 Å². The molecule has 0 aliphatic carbocycles. The van der Waals surface area contributed by atoms with Crippen LogP contribution in [0, 0.1) is 27.7 Å². The van der Waals surface area contributed by atoms with Gasteiger partial charge in [0.1, 0.15) is 0 Å². The molecule has 0 saturated carbocycles. The Morgan fingerprint density at radius 2 is 1.64 bits per heavy atom. The predicted octanol–water partition coefficient (Wildman–Crippen LogP) is 4.38. The van der Waals surface area contributed by atoms with Crippen molar-refractivity contribution < 1.29 is 9.53 Å². The summed E-state index contributed by atoms with van der Waals surface area (Å²) < 4.78 is 5.82. The number of ether oxygens (including phenoxy) is 1. The molecular formula is C19H21NO2. The highest BCUT2D eigenvalue weighted by atomic mass is 16.6. The Balaban J connectivity index is 2.16. The number of benzene rings is 2. The molecule has 1 N–H and O–H groups in total. The highest BCUT2D eigenvalue weighted by Gasteiger charge is 2.39. The van der Waals surface area contributed by atoms with Gasteiger partial charge in [-0.25, -0.2) is 4.79 Å². The maximum atomic E-state index is 12.5. The first kappa shape index (κ1) is 14.6. The lowest BCUT2D eigenvalue weighted by Gasteiger charge is -2.38. The number of nitrogens with one attached hydrogen (secondary N) is 1. The van der Waals surface area contributed by atoms with Gasteiger partial charge in [-0.1, -0.05) is 29.8 Å². The third-order valence-corrected chi connectivity index (χ3v) is 4.30. The van der Waals surface area contributed by atoms with E-state index in [1.165, 1.54) is 5.56 Å². The van der Waals surface area contributed by atoms with E-state index in [9.17, 15) is 4.79 Å². The molecule has 3 nitrogen and oxygen atoms in total. The summed E-state index contributed by atoms with van der Waals surface area (Å²) in [5.41, 5.74) is 6.02. The molecule has 1 aliphatic rings. The van der Waals surface area contributed by atoms with E-state index in [0.717, 1.165) is 27.9 Å². The molecule has 3 heteroatoms. The van der Waals surface area contributed by atoms with Crippen LogP contribution in [0.3, 0.4) is 0 Å². The van der Waals surface area contributed by atoms with Gasteiger partial charge in [-0.3, -0.25) is 0 Å². The number of rotatable bonds is 1. The highest BCUT2D eigenvalue weighted by molar-refractivity contribution is 5.99. The first-order chi connectivity index (χ1) is 10.3. The van der Waals surface area contributed by atoms with E-state index in [1.54, 1.807) is 0 Å². The van der Waals surface area contributed by atoms with Gasteiger partial charge in [-0.05, 0) is 57.4 Å². The number of fused-ring (bicyclic) bond motifs is 1. The van der Waals surface area contributed by atoms with E-state index in [1.807, 2.05) is 32.0 Å². The fraction of sp³-hybridized carbons (Fsp3) is 0.316. The van der Waals surface area contributed by atoms with Crippen molar-refractivity contribution in [1.29, 1.82) is 0 Å². The van der Waals surface area contributed by atoms with E-state index >= 15 is 0 Å². The summed E-state index contributed by atoms with van der Waals surface area (Å²) in [7, 11) is 0. The number of anilines is 1. The third-order valence-electron chi connectivity index (χ3n) is 4.30. The van der Waals surface area contributed by atoms with Gasteiger partial charge >= 0.3 is 5.97 Å². The van der Waals surface area contributed by atoms with Crippen molar-refractivity contribution in [2.75, 3.05) is 5.32 Å². The monoisotopic (exact) mass is 295 g/mol. The fourth-order valence-corrected chi connectivity index (χ4v) is 3.61. The van der Waals surface area contributed by atoms with Crippen molar-refractivity contribution in [2.24, 2.45) is 0 Å². The van der Waals surface area contributed by atoms with Gasteiger partial charge in [0, 0.05) is 5.56 Å². The van der Waals surface area contributed by atoms with Crippen LogP contribution in [0.2, 0.25) is 0 Å². The van der Waals surface area contributed by atoms with Gasteiger partial charge < -0.3 is 10.1 Å². The Hall–Kier alpha value is -2.29. The smallest absolute Gasteiger partial charge is 0.342 e. The van der Waals surface area contributed by atoms with Crippen molar-refractivity contribution >= 4 is 11.7 Å². The quantitative estimate of drug-likeness (QED) is 0.794. The van der Waals surface area contributed by atoms with Crippen LogP contribution in [0.15, 0.2) is 30.3 Å². The Labute approximate surface area is 131 Å². The van der Waals surface area contributed by atoms with Crippen molar-refractivity contribution in [3.8, 4) is 0 Å². The molecule has 2 aromatic carbocycles. The Kier molecular flexibility index (Phi) is 3.24. The van der Waals surface area contributed by atoms with Gasteiger partial charge in [-0.2, -0.15) is 0 Å². The molecular weight excluding hydrogens is 274 g/mol. The average Bonchev–Trinajstić information content (AvgIpc) is 2.35. The Bertz CT molecular complexity index is 756. The minimum absolute atomic E-state index is 0.270. The van der Waals surface area contributed by atoms with Gasteiger partial charge in [0.15, 0.2) is 0 Å². The second-order valence-corrected chi connectivity index (χ2v) is 6.32. The molecule has 0 radical (unpaired) electrons.